The first-order chi connectivity index (χ1) is 9.28. The Morgan fingerprint density at radius 3 is 2.37 bits per heavy atom. The summed E-state index contributed by atoms with van der Waals surface area (Å²) in [5, 5.41) is 10.1. The number of halogens is 1. The van der Waals surface area contributed by atoms with Gasteiger partial charge in [0.25, 0.3) is 0 Å². The smallest absolute Gasteiger partial charge is 0.0770 e. The second kappa shape index (κ2) is 7.07. The Kier molecular flexibility index (Phi) is 5.13. The van der Waals surface area contributed by atoms with E-state index in [1.165, 1.54) is 5.56 Å². The van der Waals surface area contributed by atoms with Gasteiger partial charge in [0.15, 0.2) is 0 Å². The van der Waals surface area contributed by atoms with Gasteiger partial charge in [-0.05, 0) is 29.7 Å². The number of nitrogens with zero attached hydrogens (tertiary/aromatic N) is 1. The molecule has 0 saturated heterocycles. The van der Waals surface area contributed by atoms with Gasteiger partial charge in [-0.2, -0.15) is 0 Å². The molecular formula is C16H16ClNO. The van der Waals surface area contributed by atoms with Crippen molar-refractivity contribution < 1.29 is 5.11 Å². The zero-order valence-electron chi connectivity index (χ0n) is 10.5. The summed E-state index contributed by atoms with van der Waals surface area (Å²) >= 11 is 5.82. The van der Waals surface area contributed by atoms with Crippen LogP contribution in [0.4, 0.5) is 0 Å². The minimum Gasteiger partial charge on any atom is -0.394 e. The first kappa shape index (κ1) is 13.8. The highest BCUT2D eigenvalue weighted by Gasteiger charge is 2.05. The molecule has 0 spiro atoms. The molecule has 0 aromatic heterocycles. The molecular weight excluding hydrogens is 258 g/mol. The lowest BCUT2D eigenvalue weighted by molar-refractivity contribution is 0.266. The molecule has 98 valence electrons. The SMILES string of the molecule is OC[C@H](Cc1ccccc1)N=Cc1ccc(Cl)cc1. The van der Waals surface area contributed by atoms with E-state index in [4.69, 9.17) is 11.6 Å². The number of rotatable bonds is 5. The normalized spacial score (nSPS) is 12.7. The Bertz CT molecular complexity index is 522. The highest BCUT2D eigenvalue weighted by molar-refractivity contribution is 6.30. The maximum absolute atomic E-state index is 9.37. The van der Waals surface area contributed by atoms with E-state index in [1.807, 2.05) is 54.6 Å². The molecule has 0 saturated carbocycles. The fourth-order valence-electron chi connectivity index (χ4n) is 1.79. The fraction of sp³-hybridized carbons (Fsp3) is 0.188. The van der Waals surface area contributed by atoms with Crippen molar-refractivity contribution in [3.05, 3.63) is 70.7 Å². The number of aliphatic hydroxyl groups is 1. The molecule has 3 heteroatoms. The van der Waals surface area contributed by atoms with Crippen LogP contribution in [0.25, 0.3) is 0 Å². The van der Waals surface area contributed by atoms with Crippen molar-refractivity contribution in [2.75, 3.05) is 6.61 Å². The average molecular weight is 274 g/mol. The van der Waals surface area contributed by atoms with Crippen molar-refractivity contribution in [1.29, 1.82) is 0 Å². The van der Waals surface area contributed by atoms with Crippen molar-refractivity contribution in [2.45, 2.75) is 12.5 Å². The van der Waals surface area contributed by atoms with Gasteiger partial charge in [0, 0.05) is 11.2 Å². The highest BCUT2D eigenvalue weighted by atomic mass is 35.5. The first-order valence-electron chi connectivity index (χ1n) is 6.21. The van der Waals surface area contributed by atoms with Gasteiger partial charge in [0.1, 0.15) is 0 Å². The number of aliphatic hydroxyl groups excluding tert-OH is 1. The standard InChI is InChI=1S/C16H16ClNO/c17-15-8-6-14(7-9-15)11-18-16(12-19)10-13-4-2-1-3-5-13/h1-9,11,16,19H,10,12H2/t16-/m0/s1. The van der Waals surface area contributed by atoms with Gasteiger partial charge in [0.2, 0.25) is 0 Å². The van der Waals surface area contributed by atoms with Crippen LogP contribution >= 0.6 is 11.6 Å². The summed E-state index contributed by atoms with van der Waals surface area (Å²) in [5.41, 5.74) is 2.16. The van der Waals surface area contributed by atoms with Crippen molar-refractivity contribution >= 4 is 17.8 Å². The molecule has 0 aliphatic rings. The lowest BCUT2D eigenvalue weighted by Crippen LogP contribution is -2.14. The monoisotopic (exact) mass is 273 g/mol. The molecule has 2 aromatic carbocycles. The van der Waals surface area contributed by atoms with Crippen LogP contribution < -0.4 is 0 Å². The van der Waals surface area contributed by atoms with Crippen molar-refractivity contribution in [2.24, 2.45) is 4.99 Å². The Labute approximate surface area is 118 Å². The molecule has 1 N–H and O–H groups in total. The number of aliphatic imine (C=N–C) groups is 1. The van der Waals surface area contributed by atoms with E-state index in [1.54, 1.807) is 6.21 Å². The topological polar surface area (TPSA) is 32.6 Å². The minimum atomic E-state index is -0.113. The molecule has 2 rings (SSSR count). The lowest BCUT2D eigenvalue weighted by atomic mass is 10.1. The Balaban J connectivity index is 2.00. The van der Waals surface area contributed by atoms with Gasteiger partial charge in [-0.15, -0.1) is 0 Å². The van der Waals surface area contributed by atoms with Gasteiger partial charge in [-0.25, -0.2) is 0 Å². The average Bonchev–Trinajstić information content (AvgIpc) is 2.46. The van der Waals surface area contributed by atoms with Crippen molar-refractivity contribution in [1.82, 2.24) is 0 Å². The van der Waals surface area contributed by atoms with E-state index in [2.05, 4.69) is 4.99 Å². The molecule has 19 heavy (non-hydrogen) atoms. The van der Waals surface area contributed by atoms with E-state index < -0.39 is 0 Å². The van der Waals surface area contributed by atoms with E-state index in [0.29, 0.717) is 5.02 Å². The molecule has 2 nitrogen and oxygen atoms in total. The summed E-state index contributed by atoms with van der Waals surface area (Å²) in [6.45, 7) is 0.0407. The Morgan fingerprint density at radius 2 is 1.74 bits per heavy atom. The first-order valence-corrected chi connectivity index (χ1v) is 6.59. The van der Waals surface area contributed by atoms with Crippen LogP contribution in [-0.2, 0) is 6.42 Å². The summed E-state index contributed by atoms with van der Waals surface area (Å²) in [6, 6.07) is 17.4. The predicted molar refractivity (Wildman–Crippen MR) is 80.1 cm³/mol. The number of hydrogen-bond acceptors (Lipinski definition) is 2. The quantitative estimate of drug-likeness (QED) is 0.833. The van der Waals surface area contributed by atoms with Gasteiger partial charge in [-0.3, -0.25) is 4.99 Å². The van der Waals surface area contributed by atoms with Crippen LogP contribution in [0, 0.1) is 0 Å². The Hall–Kier alpha value is -1.64. The van der Waals surface area contributed by atoms with Crippen LogP contribution in [0.5, 0.6) is 0 Å². The fourth-order valence-corrected chi connectivity index (χ4v) is 1.92. The predicted octanol–water partition coefficient (Wildman–Crippen LogP) is 3.36. The third-order valence-electron chi connectivity index (χ3n) is 2.83. The highest BCUT2D eigenvalue weighted by Crippen LogP contribution is 2.09. The van der Waals surface area contributed by atoms with Crippen LogP contribution in [0.3, 0.4) is 0 Å². The van der Waals surface area contributed by atoms with Gasteiger partial charge < -0.3 is 5.11 Å². The molecule has 0 fully saturated rings. The number of benzene rings is 2. The second-order valence-electron chi connectivity index (χ2n) is 4.36. The molecule has 0 radical (unpaired) electrons. The molecule has 0 unspecified atom stereocenters. The maximum Gasteiger partial charge on any atom is 0.0770 e. The van der Waals surface area contributed by atoms with Crippen LogP contribution in [0.15, 0.2) is 59.6 Å². The van der Waals surface area contributed by atoms with Crippen molar-refractivity contribution in [3.63, 3.8) is 0 Å². The largest absolute Gasteiger partial charge is 0.394 e. The summed E-state index contributed by atoms with van der Waals surface area (Å²) in [5.74, 6) is 0. The summed E-state index contributed by atoms with van der Waals surface area (Å²) in [4.78, 5) is 4.42. The lowest BCUT2D eigenvalue weighted by Gasteiger charge is -2.09. The van der Waals surface area contributed by atoms with Crippen molar-refractivity contribution in [3.8, 4) is 0 Å². The maximum atomic E-state index is 9.37. The second-order valence-corrected chi connectivity index (χ2v) is 4.79. The van der Waals surface area contributed by atoms with Gasteiger partial charge in [-0.1, -0.05) is 54.1 Å². The molecule has 0 bridgehead atoms. The molecule has 0 heterocycles. The zero-order chi connectivity index (χ0) is 13.5. The van der Waals surface area contributed by atoms with Crippen LogP contribution in [-0.4, -0.2) is 24.0 Å². The van der Waals surface area contributed by atoms with Crippen LogP contribution in [0.2, 0.25) is 5.02 Å². The third-order valence-corrected chi connectivity index (χ3v) is 3.08. The summed E-state index contributed by atoms with van der Waals surface area (Å²) in [7, 11) is 0. The summed E-state index contributed by atoms with van der Waals surface area (Å²) in [6.07, 6.45) is 2.52. The van der Waals surface area contributed by atoms with Crippen LogP contribution in [0.1, 0.15) is 11.1 Å². The van der Waals surface area contributed by atoms with Gasteiger partial charge in [0.05, 0.1) is 12.6 Å². The van der Waals surface area contributed by atoms with E-state index in [-0.39, 0.29) is 12.6 Å². The van der Waals surface area contributed by atoms with Gasteiger partial charge >= 0.3 is 0 Å². The van der Waals surface area contributed by atoms with E-state index in [0.717, 1.165) is 12.0 Å². The third kappa shape index (κ3) is 4.51. The number of hydrogen-bond donors (Lipinski definition) is 1. The molecule has 0 amide bonds. The summed E-state index contributed by atoms with van der Waals surface area (Å²) < 4.78 is 0. The molecule has 1 atom stereocenters. The molecule has 2 aromatic rings. The van der Waals surface area contributed by atoms with E-state index in [9.17, 15) is 5.11 Å². The van der Waals surface area contributed by atoms with E-state index >= 15 is 0 Å². The molecule has 0 aliphatic heterocycles. The Morgan fingerprint density at radius 1 is 1.05 bits per heavy atom. The zero-order valence-corrected chi connectivity index (χ0v) is 11.3. The minimum absolute atomic E-state index is 0.0407. The molecule has 0 aliphatic carbocycles.